The molecule has 1 aliphatic rings. The number of unbranched alkanes of at least 4 members (excludes halogenated alkanes) is 1. The van der Waals surface area contributed by atoms with Gasteiger partial charge in [0.25, 0.3) is 0 Å². The molecule has 0 radical (unpaired) electrons. The number of ether oxygens (including phenoxy) is 1. The van der Waals surface area contributed by atoms with Gasteiger partial charge in [0.15, 0.2) is 17.1 Å². The van der Waals surface area contributed by atoms with Crippen molar-refractivity contribution in [3.63, 3.8) is 0 Å². The first-order chi connectivity index (χ1) is 17.6. The molecule has 1 aromatic heterocycles. The fourth-order valence-corrected chi connectivity index (χ4v) is 4.96. The van der Waals surface area contributed by atoms with Gasteiger partial charge in [-0.05, 0) is 60.4 Å². The summed E-state index contributed by atoms with van der Waals surface area (Å²) in [5.41, 5.74) is 5.93. The number of aromatic hydroxyl groups is 1. The van der Waals surface area contributed by atoms with Crippen LogP contribution in [-0.2, 0) is 0 Å². The Morgan fingerprint density at radius 2 is 1.72 bits per heavy atom. The largest absolute Gasteiger partial charge is 0.507 e. The van der Waals surface area contributed by atoms with E-state index < -0.39 is 0 Å². The molecule has 0 amide bonds. The van der Waals surface area contributed by atoms with Crippen molar-refractivity contribution in [2.75, 3.05) is 4.90 Å². The van der Waals surface area contributed by atoms with Crippen LogP contribution in [0.2, 0.25) is 0 Å². The van der Waals surface area contributed by atoms with Gasteiger partial charge in [0.2, 0.25) is 5.89 Å². The second kappa shape index (κ2) is 9.08. The summed E-state index contributed by atoms with van der Waals surface area (Å²) >= 11 is 0. The lowest BCUT2D eigenvalue weighted by atomic mass is 9.93. The fourth-order valence-electron chi connectivity index (χ4n) is 4.96. The van der Waals surface area contributed by atoms with Gasteiger partial charge in [-0.15, -0.1) is 0 Å². The maximum atomic E-state index is 11.1. The van der Waals surface area contributed by atoms with Gasteiger partial charge in [0.05, 0.1) is 22.6 Å². The number of fused-ring (bicyclic) bond motifs is 3. The number of nitrogens with zero attached hydrogens (tertiary/aromatic N) is 2. The van der Waals surface area contributed by atoms with Crippen molar-refractivity contribution in [2.45, 2.75) is 39.0 Å². The maximum Gasteiger partial charge on any atom is 0.231 e. The number of phenolic OH excluding ortho intramolecular Hbond substituents is 1. The molecule has 0 saturated carbocycles. The van der Waals surface area contributed by atoms with Crippen molar-refractivity contribution in [1.82, 2.24) is 4.98 Å². The number of phenols is 1. The second-order valence-corrected chi connectivity index (χ2v) is 9.33. The molecule has 0 fully saturated rings. The number of para-hydroxylation sites is 5. The van der Waals surface area contributed by atoms with Crippen LogP contribution in [0.4, 0.5) is 17.1 Å². The predicted octanol–water partition coefficient (Wildman–Crippen LogP) is 9.07. The van der Waals surface area contributed by atoms with E-state index in [-0.39, 0.29) is 5.75 Å². The molecule has 0 aliphatic carbocycles. The van der Waals surface area contributed by atoms with E-state index in [0.29, 0.717) is 23.0 Å². The van der Waals surface area contributed by atoms with Crippen molar-refractivity contribution in [3.8, 4) is 28.7 Å². The summed E-state index contributed by atoms with van der Waals surface area (Å²) in [6.07, 6.45) is 3.45. The number of rotatable bonds is 6. The molecule has 1 atom stereocenters. The Balaban J connectivity index is 1.45. The summed E-state index contributed by atoms with van der Waals surface area (Å²) < 4.78 is 12.4. The first kappa shape index (κ1) is 22.2. The number of benzene rings is 4. The lowest BCUT2D eigenvalue weighted by Gasteiger charge is -2.34. The first-order valence-corrected chi connectivity index (χ1v) is 12.5. The first-order valence-electron chi connectivity index (χ1n) is 12.5. The molecular formula is C31H28N2O3. The number of hydrogen-bond acceptors (Lipinski definition) is 5. The highest BCUT2D eigenvalue weighted by Crippen LogP contribution is 2.53. The predicted molar refractivity (Wildman–Crippen MR) is 144 cm³/mol. The van der Waals surface area contributed by atoms with Crippen molar-refractivity contribution in [3.05, 3.63) is 90.5 Å². The summed E-state index contributed by atoms with van der Waals surface area (Å²) in [5, 5.41) is 11.1. The van der Waals surface area contributed by atoms with E-state index >= 15 is 0 Å². The molecule has 1 unspecified atom stereocenters. The Morgan fingerprint density at radius 1 is 0.917 bits per heavy atom. The van der Waals surface area contributed by atoms with Gasteiger partial charge in [-0.1, -0.05) is 63.1 Å². The number of aromatic nitrogens is 1. The Bertz CT molecular complexity index is 1520. The zero-order chi connectivity index (χ0) is 24.6. The third-order valence-corrected chi connectivity index (χ3v) is 6.87. The number of hydrogen-bond donors (Lipinski definition) is 1. The van der Waals surface area contributed by atoms with Gasteiger partial charge in [0, 0.05) is 6.07 Å². The summed E-state index contributed by atoms with van der Waals surface area (Å²) in [7, 11) is 0. The van der Waals surface area contributed by atoms with E-state index in [9.17, 15) is 5.11 Å². The molecule has 1 aliphatic heterocycles. The molecule has 180 valence electrons. The van der Waals surface area contributed by atoms with E-state index in [1.807, 2.05) is 60.7 Å². The summed E-state index contributed by atoms with van der Waals surface area (Å²) in [4.78, 5) is 6.71. The van der Waals surface area contributed by atoms with Crippen LogP contribution in [0.3, 0.4) is 0 Å². The number of oxazole rings is 1. The molecule has 5 nitrogen and oxygen atoms in total. The molecule has 5 heteroatoms. The third kappa shape index (κ3) is 3.77. The zero-order valence-corrected chi connectivity index (χ0v) is 20.4. The van der Waals surface area contributed by atoms with Crippen LogP contribution in [0, 0.1) is 0 Å². The summed E-state index contributed by atoms with van der Waals surface area (Å²) in [6, 6.07) is 27.6. The van der Waals surface area contributed by atoms with Gasteiger partial charge in [-0.3, -0.25) is 0 Å². The average Bonchev–Trinajstić information content (AvgIpc) is 3.34. The smallest absolute Gasteiger partial charge is 0.231 e. The molecule has 1 N–H and O–H groups in total. The van der Waals surface area contributed by atoms with Crippen molar-refractivity contribution < 1.29 is 14.3 Å². The van der Waals surface area contributed by atoms with Crippen LogP contribution in [0.1, 0.15) is 44.6 Å². The van der Waals surface area contributed by atoms with Gasteiger partial charge in [-0.25, -0.2) is 4.98 Å². The van der Waals surface area contributed by atoms with Crippen LogP contribution in [0.15, 0.2) is 89.3 Å². The quantitative estimate of drug-likeness (QED) is 0.260. The van der Waals surface area contributed by atoms with E-state index in [1.165, 1.54) is 18.4 Å². The lowest BCUT2D eigenvalue weighted by molar-refractivity contribution is 0.461. The highest BCUT2D eigenvalue weighted by molar-refractivity contribution is 5.88. The fraction of sp³-hybridized carbons (Fsp3) is 0.194. The van der Waals surface area contributed by atoms with Gasteiger partial charge in [0.1, 0.15) is 11.3 Å². The summed E-state index contributed by atoms with van der Waals surface area (Å²) in [6.45, 7) is 4.49. The Hall–Kier alpha value is -4.25. The summed E-state index contributed by atoms with van der Waals surface area (Å²) in [5.74, 6) is 2.55. The molecule has 0 saturated heterocycles. The van der Waals surface area contributed by atoms with Crippen LogP contribution in [-0.4, -0.2) is 10.1 Å². The third-order valence-electron chi connectivity index (χ3n) is 6.87. The minimum Gasteiger partial charge on any atom is -0.507 e. The molecule has 5 aromatic rings. The monoisotopic (exact) mass is 476 g/mol. The molecule has 0 bridgehead atoms. The van der Waals surface area contributed by atoms with Gasteiger partial charge in [-0.2, -0.15) is 0 Å². The molecule has 0 spiro atoms. The zero-order valence-electron chi connectivity index (χ0n) is 20.4. The average molecular weight is 477 g/mol. The van der Waals surface area contributed by atoms with Crippen molar-refractivity contribution in [2.24, 2.45) is 0 Å². The SMILES string of the molecule is CCCCC(C)c1cccc2c1Oc1ccccc1N2c1ccc(-c2nc3ccccc3o2)c(O)c1. The number of anilines is 3. The highest BCUT2D eigenvalue weighted by Gasteiger charge is 2.29. The molecule has 2 heterocycles. The van der Waals surface area contributed by atoms with E-state index in [0.717, 1.165) is 40.5 Å². The Labute approximate surface area is 210 Å². The molecular weight excluding hydrogens is 448 g/mol. The molecule has 6 rings (SSSR count). The Morgan fingerprint density at radius 3 is 2.56 bits per heavy atom. The van der Waals surface area contributed by atoms with Crippen LogP contribution in [0.5, 0.6) is 17.2 Å². The highest BCUT2D eigenvalue weighted by atomic mass is 16.5. The van der Waals surface area contributed by atoms with Crippen LogP contribution >= 0.6 is 0 Å². The Kier molecular flexibility index (Phi) is 5.61. The molecule has 4 aromatic carbocycles. The van der Waals surface area contributed by atoms with E-state index in [1.54, 1.807) is 6.07 Å². The maximum absolute atomic E-state index is 11.1. The second-order valence-electron chi connectivity index (χ2n) is 9.33. The topological polar surface area (TPSA) is 58.7 Å². The van der Waals surface area contributed by atoms with E-state index in [4.69, 9.17) is 9.15 Å². The minimum atomic E-state index is 0.108. The standard InChI is InChI=1S/C31H28N2O3/c1-3-4-10-20(2)22-11-9-14-26-30(22)35-29-16-8-6-13-25(29)33(26)21-17-18-23(27(34)19-21)31-32-24-12-5-7-15-28(24)36-31/h5-9,11-20,34H,3-4,10H2,1-2H3. The lowest BCUT2D eigenvalue weighted by Crippen LogP contribution is -2.17. The van der Waals surface area contributed by atoms with Gasteiger partial charge < -0.3 is 19.2 Å². The van der Waals surface area contributed by atoms with Crippen molar-refractivity contribution in [1.29, 1.82) is 0 Å². The van der Waals surface area contributed by atoms with E-state index in [2.05, 4.69) is 41.9 Å². The normalized spacial score (nSPS) is 13.2. The van der Waals surface area contributed by atoms with Crippen LogP contribution < -0.4 is 9.64 Å². The van der Waals surface area contributed by atoms with Crippen molar-refractivity contribution >= 4 is 28.2 Å². The molecule has 36 heavy (non-hydrogen) atoms. The van der Waals surface area contributed by atoms with Crippen LogP contribution in [0.25, 0.3) is 22.6 Å². The van der Waals surface area contributed by atoms with Gasteiger partial charge >= 0.3 is 0 Å². The minimum absolute atomic E-state index is 0.108.